The van der Waals surface area contributed by atoms with Crippen LogP contribution < -0.4 is 5.73 Å². The van der Waals surface area contributed by atoms with Crippen molar-refractivity contribution in [1.82, 2.24) is 9.97 Å². The van der Waals surface area contributed by atoms with Gasteiger partial charge >= 0.3 is 0 Å². The third-order valence-corrected chi connectivity index (χ3v) is 3.40. The minimum atomic E-state index is -0.429. The Morgan fingerprint density at radius 3 is 2.94 bits per heavy atom. The lowest BCUT2D eigenvalue weighted by molar-refractivity contribution is 0.453. The predicted octanol–water partition coefficient (Wildman–Crippen LogP) is 3.10. The summed E-state index contributed by atoms with van der Waals surface area (Å²) in [5.41, 5.74) is 6.65. The number of fused-ring (bicyclic) bond motifs is 1. The van der Waals surface area contributed by atoms with Gasteiger partial charge in [-0.3, -0.25) is 4.98 Å². The number of benzene rings is 1. The van der Waals surface area contributed by atoms with Crippen molar-refractivity contribution in [3.05, 3.63) is 42.7 Å². The molecule has 0 spiro atoms. The van der Waals surface area contributed by atoms with Crippen LogP contribution in [0.15, 0.2) is 51.4 Å². The highest BCUT2D eigenvalue weighted by molar-refractivity contribution is 7.99. The molecule has 0 atom stereocenters. The van der Waals surface area contributed by atoms with Gasteiger partial charge in [0.2, 0.25) is 0 Å². The zero-order valence-electron chi connectivity index (χ0n) is 9.13. The Morgan fingerprint density at radius 1 is 1.28 bits per heavy atom. The van der Waals surface area contributed by atoms with Crippen molar-refractivity contribution in [3.63, 3.8) is 0 Å². The highest BCUT2D eigenvalue weighted by Crippen LogP contribution is 2.36. The zero-order valence-corrected chi connectivity index (χ0v) is 9.95. The molecule has 0 amide bonds. The first kappa shape index (κ1) is 11.0. The second-order valence-electron chi connectivity index (χ2n) is 3.58. The maximum Gasteiger partial charge on any atom is 0.260 e. The van der Waals surface area contributed by atoms with Gasteiger partial charge in [0, 0.05) is 17.3 Å². The average molecular weight is 261 g/mol. The molecule has 0 aliphatic carbocycles. The molecule has 0 bridgehead atoms. The molecular formula is C12H8FN3OS. The normalized spacial score (nSPS) is 10.9. The van der Waals surface area contributed by atoms with E-state index in [9.17, 15) is 4.39 Å². The van der Waals surface area contributed by atoms with Crippen molar-refractivity contribution < 1.29 is 8.81 Å². The van der Waals surface area contributed by atoms with Gasteiger partial charge < -0.3 is 10.2 Å². The van der Waals surface area contributed by atoms with E-state index >= 15 is 0 Å². The molecule has 18 heavy (non-hydrogen) atoms. The van der Waals surface area contributed by atoms with E-state index in [2.05, 4.69) is 9.97 Å². The average Bonchev–Trinajstić information content (AvgIpc) is 2.87. The van der Waals surface area contributed by atoms with Crippen LogP contribution in [-0.4, -0.2) is 9.97 Å². The lowest BCUT2D eigenvalue weighted by Gasteiger charge is -2.07. The van der Waals surface area contributed by atoms with Crippen LogP contribution in [0, 0.1) is 5.82 Å². The summed E-state index contributed by atoms with van der Waals surface area (Å²) in [6.07, 6.45) is 4.54. The fraction of sp³-hybridized carbons (Fsp3) is 0. The van der Waals surface area contributed by atoms with Gasteiger partial charge in [0.15, 0.2) is 0 Å². The Kier molecular flexibility index (Phi) is 2.64. The third kappa shape index (κ3) is 1.80. The van der Waals surface area contributed by atoms with E-state index in [-0.39, 0.29) is 0 Å². The maximum absolute atomic E-state index is 14.0. The maximum atomic E-state index is 14.0. The summed E-state index contributed by atoms with van der Waals surface area (Å²) in [7, 11) is 0. The fourth-order valence-corrected chi connectivity index (χ4v) is 2.46. The zero-order chi connectivity index (χ0) is 12.5. The minimum Gasteiger partial charge on any atom is -0.440 e. The Bertz CT molecular complexity index is 700. The van der Waals surface area contributed by atoms with Crippen molar-refractivity contribution in [3.8, 4) is 0 Å². The van der Waals surface area contributed by atoms with Crippen LogP contribution in [0.2, 0.25) is 0 Å². The fourth-order valence-electron chi connectivity index (χ4n) is 1.66. The molecule has 2 heterocycles. The molecule has 3 aromatic rings. The standard InChI is InChI=1S/C12H8FN3OS/c13-8-6-9(14)7-2-1-3-15-10(7)11(8)18-12-16-4-5-17-12/h1-6H,14H2. The molecule has 90 valence electrons. The Hall–Kier alpha value is -2.08. The number of rotatable bonds is 2. The summed E-state index contributed by atoms with van der Waals surface area (Å²) in [6.45, 7) is 0. The van der Waals surface area contributed by atoms with E-state index in [1.165, 1.54) is 18.5 Å². The monoisotopic (exact) mass is 261 g/mol. The Morgan fingerprint density at radius 2 is 2.17 bits per heavy atom. The van der Waals surface area contributed by atoms with Gasteiger partial charge in [-0.25, -0.2) is 9.37 Å². The smallest absolute Gasteiger partial charge is 0.260 e. The molecule has 1 aromatic carbocycles. The summed E-state index contributed by atoms with van der Waals surface area (Å²) < 4.78 is 19.1. The molecule has 0 unspecified atom stereocenters. The lowest BCUT2D eigenvalue weighted by atomic mass is 10.2. The van der Waals surface area contributed by atoms with E-state index in [0.29, 0.717) is 26.7 Å². The number of oxazole rings is 1. The number of nitrogens with zero attached hydrogens (tertiary/aromatic N) is 2. The van der Waals surface area contributed by atoms with Crippen molar-refractivity contribution in [2.75, 3.05) is 5.73 Å². The Balaban J connectivity index is 2.21. The number of halogens is 1. The molecule has 2 aromatic heterocycles. The van der Waals surface area contributed by atoms with Crippen LogP contribution in [0.25, 0.3) is 10.9 Å². The molecule has 0 saturated heterocycles. The van der Waals surface area contributed by atoms with Crippen LogP contribution in [0.1, 0.15) is 0 Å². The molecule has 0 fully saturated rings. The van der Waals surface area contributed by atoms with E-state index in [4.69, 9.17) is 10.2 Å². The lowest BCUT2D eigenvalue weighted by Crippen LogP contribution is -1.94. The first-order chi connectivity index (χ1) is 8.75. The Labute approximate surface area is 106 Å². The van der Waals surface area contributed by atoms with Crippen LogP contribution in [0.5, 0.6) is 0 Å². The van der Waals surface area contributed by atoms with Gasteiger partial charge in [-0.05, 0) is 30.0 Å². The summed E-state index contributed by atoms with van der Waals surface area (Å²) in [6, 6.07) is 4.85. The molecule has 0 aliphatic rings. The van der Waals surface area contributed by atoms with Gasteiger partial charge in [0.05, 0.1) is 16.6 Å². The van der Waals surface area contributed by atoms with Crippen molar-refractivity contribution in [2.24, 2.45) is 0 Å². The largest absolute Gasteiger partial charge is 0.440 e. The summed E-state index contributed by atoms with van der Waals surface area (Å²) in [4.78, 5) is 8.49. The quantitative estimate of drug-likeness (QED) is 0.718. The molecule has 0 aliphatic heterocycles. The third-order valence-electron chi connectivity index (χ3n) is 2.43. The topological polar surface area (TPSA) is 64.9 Å². The summed E-state index contributed by atoms with van der Waals surface area (Å²) >= 11 is 1.09. The number of anilines is 1. The van der Waals surface area contributed by atoms with Crippen LogP contribution in [0.4, 0.5) is 10.1 Å². The highest BCUT2D eigenvalue weighted by atomic mass is 32.2. The minimum absolute atomic E-state index is 0.363. The van der Waals surface area contributed by atoms with Gasteiger partial charge in [0.1, 0.15) is 12.1 Å². The summed E-state index contributed by atoms with van der Waals surface area (Å²) in [5, 5.41) is 1.08. The molecule has 3 rings (SSSR count). The van der Waals surface area contributed by atoms with Crippen molar-refractivity contribution in [2.45, 2.75) is 10.1 Å². The van der Waals surface area contributed by atoms with Crippen LogP contribution in [-0.2, 0) is 0 Å². The molecule has 6 heteroatoms. The number of pyridine rings is 1. The molecule has 0 saturated carbocycles. The SMILES string of the molecule is Nc1cc(F)c(Sc2ncco2)c2ncccc12. The highest BCUT2D eigenvalue weighted by Gasteiger charge is 2.15. The number of hydrogen-bond acceptors (Lipinski definition) is 5. The molecule has 0 radical (unpaired) electrons. The molecule has 2 N–H and O–H groups in total. The number of aromatic nitrogens is 2. The van der Waals surface area contributed by atoms with E-state index in [1.54, 1.807) is 18.3 Å². The molecular weight excluding hydrogens is 253 g/mol. The van der Waals surface area contributed by atoms with Gasteiger partial charge in [0.25, 0.3) is 5.22 Å². The van der Waals surface area contributed by atoms with Gasteiger partial charge in [-0.15, -0.1) is 0 Å². The van der Waals surface area contributed by atoms with E-state index in [0.717, 1.165) is 11.8 Å². The number of hydrogen-bond donors (Lipinski definition) is 1. The first-order valence-electron chi connectivity index (χ1n) is 5.16. The van der Waals surface area contributed by atoms with E-state index in [1.807, 2.05) is 0 Å². The molecule has 4 nitrogen and oxygen atoms in total. The second kappa shape index (κ2) is 4.30. The van der Waals surface area contributed by atoms with Crippen molar-refractivity contribution in [1.29, 1.82) is 0 Å². The predicted molar refractivity (Wildman–Crippen MR) is 66.7 cm³/mol. The van der Waals surface area contributed by atoms with Crippen LogP contribution >= 0.6 is 11.8 Å². The first-order valence-corrected chi connectivity index (χ1v) is 5.97. The van der Waals surface area contributed by atoms with Gasteiger partial charge in [-0.1, -0.05) is 0 Å². The number of nitrogen functional groups attached to an aromatic ring is 1. The van der Waals surface area contributed by atoms with Crippen LogP contribution in [0.3, 0.4) is 0 Å². The number of nitrogens with two attached hydrogens (primary N) is 1. The second-order valence-corrected chi connectivity index (χ2v) is 4.54. The van der Waals surface area contributed by atoms with E-state index < -0.39 is 5.82 Å². The van der Waals surface area contributed by atoms with Crippen molar-refractivity contribution >= 4 is 28.4 Å². The van der Waals surface area contributed by atoms with Gasteiger partial charge in [-0.2, -0.15) is 0 Å². The summed E-state index contributed by atoms with van der Waals surface area (Å²) in [5.74, 6) is -0.429.